The highest BCUT2D eigenvalue weighted by Gasteiger charge is 2.07. The zero-order chi connectivity index (χ0) is 16.2. The molecular weight excluding hydrogens is 280 g/mol. The molecule has 0 saturated heterocycles. The molecule has 0 aliphatic heterocycles. The van der Waals surface area contributed by atoms with Gasteiger partial charge in [-0.2, -0.15) is 0 Å². The van der Waals surface area contributed by atoms with Gasteiger partial charge in [-0.25, -0.2) is 0 Å². The molecule has 0 bridgehead atoms. The number of phenolic OH excluding ortho intramolecular Hbond substituents is 1. The molecule has 0 radical (unpaired) electrons. The Bertz CT molecular complexity index is 457. The van der Waals surface area contributed by atoms with Gasteiger partial charge in [0.25, 0.3) is 0 Å². The van der Waals surface area contributed by atoms with Gasteiger partial charge in [-0.15, -0.1) is 0 Å². The van der Waals surface area contributed by atoms with Gasteiger partial charge in [0.1, 0.15) is 5.75 Å². The molecule has 0 fully saturated rings. The van der Waals surface area contributed by atoms with Crippen LogP contribution in [0, 0.1) is 0 Å². The van der Waals surface area contributed by atoms with Crippen molar-refractivity contribution in [3.63, 3.8) is 0 Å². The van der Waals surface area contributed by atoms with Crippen LogP contribution >= 0.6 is 0 Å². The third-order valence-electron chi connectivity index (χ3n) is 3.45. The highest BCUT2D eigenvalue weighted by atomic mass is 16.3. The van der Waals surface area contributed by atoms with Crippen molar-refractivity contribution in [2.75, 3.05) is 13.1 Å². The van der Waals surface area contributed by atoms with Crippen LogP contribution in [-0.2, 0) is 4.79 Å². The summed E-state index contributed by atoms with van der Waals surface area (Å²) < 4.78 is 0. The van der Waals surface area contributed by atoms with Crippen LogP contribution in [-0.4, -0.2) is 29.9 Å². The maximum atomic E-state index is 11.9. The molecule has 0 heterocycles. The Labute approximate surface area is 131 Å². The van der Waals surface area contributed by atoms with Crippen molar-refractivity contribution in [2.24, 2.45) is 5.73 Å². The summed E-state index contributed by atoms with van der Waals surface area (Å²) in [6, 6.07) is 6.17. The second-order valence-corrected chi connectivity index (χ2v) is 5.38. The number of rotatable bonds is 11. The van der Waals surface area contributed by atoms with Crippen LogP contribution in [0.4, 0.5) is 0 Å². The lowest BCUT2D eigenvalue weighted by molar-refractivity contribution is -0.121. The highest BCUT2D eigenvalue weighted by Crippen LogP contribution is 2.12. The van der Waals surface area contributed by atoms with Crippen molar-refractivity contribution in [1.82, 2.24) is 5.32 Å². The molecule has 0 saturated carbocycles. The van der Waals surface area contributed by atoms with Gasteiger partial charge in [-0.1, -0.05) is 12.8 Å². The number of nitrogens with one attached hydrogen (secondary N) is 1. The molecule has 5 heteroatoms. The van der Waals surface area contributed by atoms with E-state index < -0.39 is 0 Å². The van der Waals surface area contributed by atoms with Crippen molar-refractivity contribution in [1.29, 1.82) is 0 Å². The average molecular weight is 306 g/mol. The molecule has 1 aromatic rings. The Balaban J connectivity index is 2.09. The SMILES string of the molecule is NCCCCCCNC(=O)CCCC(=O)c1ccc(O)cc1. The molecule has 0 aliphatic carbocycles. The Hall–Kier alpha value is -1.88. The lowest BCUT2D eigenvalue weighted by atomic mass is 10.1. The van der Waals surface area contributed by atoms with E-state index in [1.807, 2.05) is 0 Å². The zero-order valence-corrected chi connectivity index (χ0v) is 13.0. The molecule has 122 valence electrons. The number of Topliss-reactive ketones (excluding diaryl/α,β-unsaturated/α-hetero) is 1. The van der Waals surface area contributed by atoms with Crippen LogP contribution in [0.3, 0.4) is 0 Å². The predicted molar refractivity (Wildman–Crippen MR) is 86.8 cm³/mol. The predicted octanol–water partition coefficient (Wildman–Crippen LogP) is 2.38. The van der Waals surface area contributed by atoms with E-state index in [0.29, 0.717) is 31.4 Å². The first-order valence-electron chi connectivity index (χ1n) is 7.92. The minimum atomic E-state index is -0.00501. The van der Waals surface area contributed by atoms with E-state index in [1.165, 1.54) is 12.1 Å². The van der Waals surface area contributed by atoms with Gasteiger partial charge >= 0.3 is 0 Å². The first-order chi connectivity index (χ1) is 10.6. The van der Waals surface area contributed by atoms with E-state index in [-0.39, 0.29) is 17.4 Å². The minimum absolute atomic E-state index is 0.00247. The molecule has 0 spiro atoms. The van der Waals surface area contributed by atoms with Crippen molar-refractivity contribution in [3.05, 3.63) is 29.8 Å². The van der Waals surface area contributed by atoms with Gasteiger partial charge in [-0.05, 0) is 50.1 Å². The standard InChI is InChI=1S/C17H26N2O3/c18-12-3-1-2-4-13-19-17(22)7-5-6-16(21)14-8-10-15(20)11-9-14/h8-11,20H,1-7,12-13,18H2,(H,19,22). The summed E-state index contributed by atoms with van der Waals surface area (Å²) in [5, 5.41) is 12.0. The third kappa shape index (κ3) is 7.78. The smallest absolute Gasteiger partial charge is 0.220 e. The summed E-state index contributed by atoms with van der Waals surface area (Å²) in [7, 11) is 0. The number of ketones is 1. The van der Waals surface area contributed by atoms with Gasteiger partial charge < -0.3 is 16.2 Å². The summed E-state index contributed by atoms with van der Waals surface area (Å²) in [6.07, 6.45) is 5.44. The Kier molecular flexibility index (Phi) is 8.91. The van der Waals surface area contributed by atoms with E-state index in [9.17, 15) is 9.59 Å². The number of nitrogens with two attached hydrogens (primary N) is 1. The number of unbranched alkanes of at least 4 members (excludes halogenated alkanes) is 3. The molecule has 1 amide bonds. The summed E-state index contributed by atoms with van der Waals surface area (Å²) in [5.41, 5.74) is 5.98. The molecular formula is C17H26N2O3. The summed E-state index contributed by atoms with van der Waals surface area (Å²) in [4.78, 5) is 23.5. The normalized spacial score (nSPS) is 10.4. The van der Waals surface area contributed by atoms with Crippen LogP contribution in [0.1, 0.15) is 55.3 Å². The third-order valence-corrected chi connectivity index (χ3v) is 3.45. The van der Waals surface area contributed by atoms with Gasteiger partial charge in [-0.3, -0.25) is 9.59 Å². The quantitative estimate of drug-likeness (QED) is 0.432. The first kappa shape index (κ1) is 18.2. The van der Waals surface area contributed by atoms with Crippen LogP contribution in [0.5, 0.6) is 5.75 Å². The Morgan fingerprint density at radius 1 is 0.955 bits per heavy atom. The topological polar surface area (TPSA) is 92.4 Å². The maximum Gasteiger partial charge on any atom is 0.220 e. The monoisotopic (exact) mass is 306 g/mol. The van der Waals surface area contributed by atoms with Crippen LogP contribution in [0.25, 0.3) is 0 Å². The maximum absolute atomic E-state index is 11.9. The van der Waals surface area contributed by atoms with E-state index in [0.717, 1.165) is 32.2 Å². The number of amides is 1. The lowest BCUT2D eigenvalue weighted by Gasteiger charge is -2.05. The summed E-state index contributed by atoms with van der Waals surface area (Å²) in [6.45, 7) is 1.41. The average Bonchev–Trinajstić information content (AvgIpc) is 2.51. The van der Waals surface area contributed by atoms with Gasteiger partial charge in [0, 0.05) is 24.9 Å². The number of carbonyl (C=O) groups is 2. The number of hydrogen-bond donors (Lipinski definition) is 3. The molecule has 0 aliphatic rings. The van der Waals surface area contributed by atoms with E-state index in [4.69, 9.17) is 10.8 Å². The van der Waals surface area contributed by atoms with Gasteiger partial charge in [0.15, 0.2) is 5.78 Å². The van der Waals surface area contributed by atoms with E-state index in [1.54, 1.807) is 12.1 Å². The molecule has 0 unspecified atom stereocenters. The van der Waals surface area contributed by atoms with Gasteiger partial charge in [0.2, 0.25) is 5.91 Å². The second-order valence-electron chi connectivity index (χ2n) is 5.38. The van der Waals surface area contributed by atoms with E-state index >= 15 is 0 Å². The molecule has 1 aromatic carbocycles. The fourth-order valence-electron chi connectivity index (χ4n) is 2.14. The van der Waals surface area contributed by atoms with Gasteiger partial charge in [0.05, 0.1) is 0 Å². The Morgan fingerprint density at radius 2 is 1.64 bits per heavy atom. The number of aromatic hydroxyl groups is 1. The van der Waals surface area contributed by atoms with Crippen molar-refractivity contribution in [3.8, 4) is 5.75 Å². The van der Waals surface area contributed by atoms with E-state index in [2.05, 4.69) is 5.32 Å². The molecule has 5 nitrogen and oxygen atoms in total. The van der Waals surface area contributed by atoms with Crippen LogP contribution < -0.4 is 11.1 Å². The number of hydrogen-bond acceptors (Lipinski definition) is 4. The first-order valence-corrected chi connectivity index (χ1v) is 7.92. The van der Waals surface area contributed by atoms with Crippen molar-refractivity contribution >= 4 is 11.7 Å². The van der Waals surface area contributed by atoms with Crippen LogP contribution in [0.2, 0.25) is 0 Å². The molecule has 4 N–H and O–H groups in total. The molecule has 22 heavy (non-hydrogen) atoms. The molecule has 0 aromatic heterocycles. The fourth-order valence-corrected chi connectivity index (χ4v) is 2.14. The fraction of sp³-hybridized carbons (Fsp3) is 0.529. The zero-order valence-electron chi connectivity index (χ0n) is 13.0. The molecule has 0 atom stereocenters. The van der Waals surface area contributed by atoms with Crippen molar-refractivity contribution < 1.29 is 14.7 Å². The van der Waals surface area contributed by atoms with Crippen LogP contribution in [0.15, 0.2) is 24.3 Å². The highest BCUT2D eigenvalue weighted by molar-refractivity contribution is 5.96. The number of phenols is 1. The number of benzene rings is 1. The lowest BCUT2D eigenvalue weighted by Crippen LogP contribution is -2.24. The molecule has 1 rings (SSSR count). The Morgan fingerprint density at radius 3 is 2.32 bits per heavy atom. The largest absolute Gasteiger partial charge is 0.508 e. The second kappa shape index (κ2) is 10.8. The van der Waals surface area contributed by atoms with Crippen molar-refractivity contribution in [2.45, 2.75) is 44.9 Å². The minimum Gasteiger partial charge on any atom is -0.508 e. The number of carbonyl (C=O) groups excluding carboxylic acids is 2. The summed E-state index contributed by atoms with van der Waals surface area (Å²) in [5.74, 6) is 0.134. The summed E-state index contributed by atoms with van der Waals surface area (Å²) >= 11 is 0.